The number of benzene rings is 2. The van der Waals surface area contributed by atoms with Crippen molar-refractivity contribution in [2.24, 2.45) is 0 Å². The molecule has 0 fully saturated rings. The summed E-state index contributed by atoms with van der Waals surface area (Å²) in [5.41, 5.74) is 1.76. The highest BCUT2D eigenvalue weighted by atomic mass is 32.1. The second-order valence-corrected chi connectivity index (χ2v) is 6.48. The maximum Gasteiger partial charge on any atom is 0.341 e. The number of fused-ring (bicyclic) bond motifs is 1. The number of nitro groups is 1. The first-order chi connectivity index (χ1) is 12.0. The Hall–Kier alpha value is -2.93. The molecule has 7 heteroatoms. The standard InChI is InChI=1S/C18H16N2O4S/c1-3-24-18(21)16-12-9-8-11(2)10-15(12)25-17(16)19-13-6-4-5-7-14(13)20(22)23/h4-10,19H,3H2,1-2H3. The van der Waals surface area contributed by atoms with E-state index >= 15 is 0 Å². The lowest BCUT2D eigenvalue weighted by atomic mass is 10.1. The van der Waals surface area contributed by atoms with Gasteiger partial charge in [-0.05, 0) is 31.5 Å². The molecule has 0 aliphatic carbocycles. The van der Waals surface area contributed by atoms with Crippen LogP contribution in [-0.4, -0.2) is 17.5 Å². The van der Waals surface area contributed by atoms with Gasteiger partial charge in [-0.2, -0.15) is 0 Å². The van der Waals surface area contributed by atoms with Crippen molar-refractivity contribution in [2.75, 3.05) is 11.9 Å². The van der Waals surface area contributed by atoms with Crippen molar-refractivity contribution in [3.63, 3.8) is 0 Å². The smallest absolute Gasteiger partial charge is 0.341 e. The lowest BCUT2D eigenvalue weighted by Crippen LogP contribution is -2.06. The molecule has 0 saturated carbocycles. The molecule has 0 amide bonds. The molecule has 0 saturated heterocycles. The topological polar surface area (TPSA) is 81.5 Å². The van der Waals surface area contributed by atoms with Gasteiger partial charge in [0.1, 0.15) is 16.3 Å². The van der Waals surface area contributed by atoms with Gasteiger partial charge >= 0.3 is 5.97 Å². The maximum absolute atomic E-state index is 12.4. The maximum atomic E-state index is 12.4. The van der Waals surface area contributed by atoms with Crippen LogP contribution in [0.5, 0.6) is 0 Å². The molecule has 128 valence electrons. The van der Waals surface area contributed by atoms with Crippen molar-refractivity contribution in [2.45, 2.75) is 13.8 Å². The monoisotopic (exact) mass is 356 g/mol. The van der Waals surface area contributed by atoms with Gasteiger partial charge in [-0.15, -0.1) is 11.3 Å². The average molecular weight is 356 g/mol. The number of thiophene rings is 1. The van der Waals surface area contributed by atoms with Crippen LogP contribution in [0.4, 0.5) is 16.4 Å². The van der Waals surface area contributed by atoms with Crippen LogP contribution in [0.1, 0.15) is 22.8 Å². The van der Waals surface area contributed by atoms with Gasteiger partial charge in [0.25, 0.3) is 5.69 Å². The Kier molecular flexibility index (Phi) is 4.67. The number of hydrogen-bond acceptors (Lipinski definition) is 6. The third-order valence-electron chi connectivity index (χ3n) is 3.67. The second-order valence-electron chi connectivity index (χ2n) is 5.43. The molecule has 0 unspecified atom stereocenters. The van der Waals surface area contributed by atoms with E-state index in [2.05, 4.69) is 5.32 Å². The number of nitrogens with one attached hydrogen (secondary N) is 1. The number of ether oxygens (including phenoxy) is 1. The van der Waals surface area contributed by atoms with E-state index in [0.717, 1.165) is 15.6 Å². The molecule has 0 spiro atoms. The van der Waals surface area contributed by atoms with Crippen molar-refractivity contribution in [1.82, 2.24) is 0 Å². The zero-order chi connectivity index (χ0) is 18.0. The number of para-hydroxylation sites is 2. The van der Waals surface area contributed by atoms with Crippen LogP contribution in [0.3, 0.4) is 0 Å². The van der Waals surface area contributed by atoms with Crippen molar-refractivity contribution in [3.8, 4) is 0 Å². The Balaban J connectivity index is 2.14. The van der Waals surface area contributed by atoms with Crippen LogP contribution in [0.25, 0.3) is 10.1 Å². The van der Waals surface area contributed by atoms with E-state index in [1.807, 2.05) is 25.1 Å². The number of hydrogen-bond donors (Lipinski definition) is 1. The summed E-state index contributed by atoms with van der Waals surface area (Å²) in [4.78, 5) is 23.2. The SMILES string of the molecule is CCOC(=O)c1c(Nc2ccccc2[N+](=O)[O-])sc2cc(C)ccc12. The van der Waals surface area contributed by atoms with E-state index in [1.165, 1.54) is 17.4 Å². The summed E-state index contributed by atoms with van der Waals surface area (Å²) in [5, 5.41) is 15.6. The molecule has 6 nitrogen and oxygen atoms in total. The Morgan fingerprint density at radius 2 is 2.04 bits per heavy atom. The summed E-state index contributed by atoms with van der Waals surface area (Å²) in [6.07, 6.45) is 0. The van der Waals surface area contributed by atoms with Crippen LogP contribution in [-0.2, 0) is 4.74 Å². The molecule has 1 aromatic heterocycles. The number of rotatable bonds is 5. The minimum atomic E-state index is -0.455. The van der Waals surface area contributed by atoms with E-state index in [9.17, 15) is 14.9 Å². The van der Waals surface area contributed by atoms with Gasteiger partial charge in [0.15, 0.2) is 0 Å². The van der Waals surface area contributed by atoms with Crippen LogP contribution in [0, 0.1) is 17.0 Å². The molecule has 2 aromatic carbocycles. The summed E-state index contributed by atoms with van der Waals surface area (Å²) in [7, 11) is 0. The molecule has 0 radical (unpaired) electrons. The van der Waals surface area contributed by atoms with Gasteiger partial charge in [0.2, 0.25) is 0 Å². The summed E-state index contributed by atoms with van der Waals surface area (Å²) in [6.45, 7) is 3.97. The van der Waals surface area contributed by atoms with Crippen molar-refractivity contribution < 1.29 is 14.5 Å². The first-order valence-corrected chi connectivity index (χ1v) is 8.53. The van der Waals surface area contributed by atoms with E-state index in [-0.39, 0.29) is 12.3 Å². The van der Waals surface area contributed by atoms with Crippen LogP contribution < -0.4 is 5.32 Å². The van der Waals surface area contributed by atoms with Crippen LogP contribution >= 0.6 is 11.3 Å². The third kappa shape index (κ3) is 3.32. The molecule has 0 bridgehead atoms. The molecule has 3 rings (SSSR count). The van der Waals surface area contributed by atoms with E-state index in [1.54, 1.807) is 25.1 Å². The minimum absolute atomic E-state index is 0.0501. The number of aryl methyl sites for hydroxylation is 1. The lowest BCUT2D eigenvalue weighted by molar-refractivity contribution is -0.383. The fourth-order valence-electron chi connectivity index (χ4n) is 2.56. The van der Waals surface area contributed by atoms with Crippen molar-refractivity contribution in [3.05, 3.63) is 63.7 Å². The summed E-state index contributed by atoms with van der Waals surface area (Å²) < 4.78 is 6.10. The Morgan fingerprint density at radius 3 is 2.76 bits per heavy atom. The molecular formula is C18H16N2O4S. The number of esters is 1. The van der Waals surface area contributed by atoms with Gasteiger partial charge in [-0.3, -0.25) is 10.1 Å². The van der Waals surface area contributed by atoms with E-state index < -0.39 is 10.9 Å². The van der Waals surface area contributed by atoms with Gasteiger partial charge in [0, 0.05) is 16.2 Å². The number of anilines is 2. The van der Waals surface area contributed by atoms with Crippen molar-refractivity contribution in [1.29, 1.82) is 0 Å². The van der Waals surface area contributed by atoms with Gasteiger partial charge in [0.05, 0.1) is 11.5 Å². The zero-order valence-corrected chi connectivity index (χ0v) is 14.6. The highest BCUT2D eigenvalue weighted by Gasteiger charge is 2.22. The molecule has 25 heavy (non-hydrogen) atoms. The lowest BCUT2D eigenvalue weighted by Gasteiger charge is -2.08. The minimum Gasteiger partial charge on any atom is -0.462 e. The summed E-state index contributed by atoms with van der Waals surface area (Å²) in [5.74, 6) is -0.446. The summed E-state index contributed by atoms with van der Waals surface area (Å²) >= 11 is 1.37. The number of nitrogens with zero attached hydrogens (tertiary/aromatic N) is 1. The molecular weight excluding hydrogens is 340 g/mol. The predicted molar refractivity (Wildman–Crippen MR) is 98.9 cm³/mol. The Labute approximate surface area is 148 Å². The quantitative estimate of drug-likeness (QED) is 0.393. The molecule has 0 aliphatic rings. The first kappa shape index (κ1) is 16.9. The second kappa shape index (κ2) is 6.90. The largest absolute Gasteiger partial charge is 0.462 e. The predicted octanol–water partition coefficient (Wildman–Crippen LogP) is 5.04. The van der Waals surface area contributed by atoms with Crippen molar-refractivity contribution >= 4 is 43.8 Å². The Bertz CT molecular complexity index is 965. The van der Waals surface area contributed by atoms with E-state index in [4.69, 9.17) is 4.74 Å². The number of carbonyl (C=O) groups is 1. The molecule has 1 heterocycles. The third-order valence-corrected chi connectivity index (χ3v) is 4.74. The van der Waals surface area contributed by atoms with E-state index in [0.29, 0.717) is 16.3 Å². The molecule has 0 atom stereocenters. The zero-order valence-electron chi connectivity index (χ0n) is 13.7. The highest BCUT2D eigenvalue weighted by molar-refractivity contribution is 7.23. The molecule has 1 N–H and O–H groups in total. The van der Waals surface area contributed by atoms with Crippen LogP contribution in [0.2, 0.25) is 0 Å². The van der Waals surface area contributed by atoms with Crippen LogP contribution in [0.15, 0.2) is 42.5 Å². The van der Waals surface area contributed by atoms with Gasteiger partial charge < -0.3 is 10.1 Å². The van der Waals surface area contributed by atoms with Gasteiger partial charge in [-0.25, -0.2) is 4.79 Å². The normalized spacial score (nSPS) is 10.6. The highest BCUT2D eigenvalue weighted by Crippen LogP contribution is 2.40. The average Bonchev–Trinajstić information content (AvgIpc) is 2.92. The summed E-state index contributed by atoms with van der Waals surface area (Å²) in [6, 6.07) is 12.1. The molecule has 0 aliphatic heterocycles. The number of nitro benzene ring substituents is 1. The number of carbonyl (C=O) groups excluding carboxylic acids is 1. The molecule has 3 aromatic rings. The first-order valence-electron chi connectivity index (χ1n) is 7.72. The van der Waals surface area contributed by atoms with Gasteiger partial charge in [-0.1, -0.05) is 24.3 Å². The fourth-order valence-corrected chi connectivity index (χ4v) is 3.76. The Morgan fingerprint density at radius 1 is 1.28 bits per heavy atom. The fraction of sp³-hybridized carbons (Fsp3) is 0.167.